The van der Waals surface area contributed by atoms with Crippen LogP contribution in [-0.4, -0.2) is 40.0 Å². The fraction of sp³-hybridized carbons (Fsp3) is 0.429. The third kappa shape index (κ3) is 4.84. The Morgan fingerprint density at radius 1 is 1.30 bits per heavy atom. The summed E-state index contributed by atoms with van der Waals surface area (Å²) in [5, 5.41) is 5.54. The van der Waals surface area contributed by atoms with E-state index in [2.05, 4.69) is 15.3 Å². The summed E-state index contributed by atoms with van der Waals surface area (Å²) in [6, 6.07) is 4.70. The molecule has 0 radical (unpaired) electrons. The van der Waals surface area contributed by atoms with Gasteiger partial charge in [-0.1, -0.05) is 0 Å². The molecule has 7 nitrogen and oxygen atoms in total. The minimum Gasteiger partial charge on any atom is -0.370 e. The number of carbonyl (C=O) groups excluding carboxylic acids is 1. The van der Waals surface area contributed by atoms with Crippen molar-refractivity contribution in [3.8, 4) is 0 Å². The molecule has 3 N–H and O–H groups in total. The van der Waals surface area contributed by atoms with Crippen molar-refractivity contribution < 1.29 is 13.2 Å². The second-order valence-corrected chi connectivity index (χ2v) is 7.24. The average molecular weight is 361 g/mol. The van der Waals surface area contributed by atoms with Gasteiger partial charge in [-0.15, -0.1) is 12.4 Å². The van der Waals surface area contributed by atoms with E-state index in [1.165, 1.54) is 6.07 Å². The molecule has 1 aliphatic heterocycles. The standard InChI is InChI=1S/C14H20N4O3S.ClH/c1-22(20,21)13-9-11(14(19)16-10-17-15)5-6-12(13)18-7-3-2-4-8-18;/h5-6,9-10H,2-4,7-8,15H2,1H3,(H,16,17,19);1H. The molecule has 1 saturated heterocycles. The number of hydrogen-bond donors (Lipinski definition) is 2. The molecule has 1 aliphatic rings. The number of nitrogens with one attached hydrogen (secondary N) is 1. The maximum absolute atomic E-state index is 12.1. The lowest BCUT2D eigenvalue weighted by Gasteiger charge is -2.30. The highest BCUT2D eigenvalue weighted by atomic mass is 35.5. The number of amides is 1. The molecule has 0 aliphatic carbocycles. The van der Waals surface area contributed by atoms with E-state index >= 15 is 0 Å². The van der Waals surface area contributed by atoms with Crippen molar-refractivity contribution in [3.05, 3.63) is 23.8 Å². The SMILES string of the molecule is CS(=O)(=O)c1cc(C(=O)NC=NN)ccc1N1CCCCC1.Cl. The first kappa shape index (κ1) is 19.2. The van der Waals surface area contributed by atoms with Gasteiger partial charge < -0.3 is 16.1 Å². The van der Waals surface area contributed by atoms with Crippen LogP contribution in [0, 0.1) is 0 Å². The first-order valence-corrected chi connectivity index (χ1v) is 8.94. The van der Waals surface area contributed by atoms with E-state index in [1.807, 2.05) is 0 Å². The van der Waals surface area contributed by atoms with Crippen LogP contribution >= 0.6 is 12.4 Å². The maximum Gasteiger partial charge on any atom is 0.256 e. The Labute approximate surface area is 142 Å². The van der Waals surface area contributed by atoms with Gasteiger partial charge >= 0.3 is 0 Å². The van der Waals surface area contributed by atoms with Gasteiger partial charge in [0.25, 0.3) is 5.91 Å². The number of nitrogens with two attached hydrogens (primary N) is 1. The van der Waals surface area contributed by atoms with Gasteiger partial charge in [0.05, 0.1) is 10.6 Å². The van der Waals surface area contributed by atoms with Gasteiger partial charge in [0, 0.05) is 24.9 Å². The second kappa shape index (κ2) is 8.16. The summed E-state index contributed by atoms with van der Waals surface area (Å²) in [5.41, 5.74) is 0.910. The van der Waals surface area contributed by atoms with Gasteiger partial charge in [-0.25, -0.2) is 8.42 Å². The number of rotatable bonds is 4. The monoisotopic (exact) mass is 360 g/mol. The number of halogens is 1. The van der Waals surface area contributed by atoms with E-state index in [0.717, 1.165) is 44.9 Å². The summed E-state index contributed by atoms with van der Waals surface area (Å²) in [6.45, 7) is 1.65. The van der Waals surface area contributed by atoms with Crippen molar-refractivity contribution in [2.75, 3.05) is 24.2 Å². The van der Waals surface area contributed by atoms with E-state index in [1.54, 1.807) is 12.1 Å². The van der Waals surface area contributed by atoms with Crippen molar-refractivity contribution in [3.63, 3.8) is 0 Å². The molecule has 0 aromatic heterocycles. The predicted octanol–water partition coefficient (Wildman–Crippen LogP) is 1.13. The molecule has 0 saturated carbocycles. The molecular weight excluding hydrogens is 340 g/mol. The maximum atomic E-state index is 12.1. The van der Waals surface area contributed by atoms with Crippen molar-refractivity contribution in [2.24, 2.45) is 10.9 Å². The summed E-state index contributed by atoms with van der Waals surface area (Å²) in [7, 11) is -3.44. The Balaban J connectivity index is 0.00000264. The quantitative estimate of drug-likeness (QED) is 0.362. The summed E-state index contributed by atoms with van der Waals surface area (Å²) < 4.78 is 24.2. The minimum absolute atomic E-state index is 0. The predicted molar refractivity (Wildman–Crippen MR) is 93.0 cm³/mol. The second-order valence-electron chi connectivity index (χ2n) is 5.25. The molecular formula is C14H21ClN4O3S. The highest BCUT2D eigenvalue weighted by Crippen LogP contribution is 2.29. The zero-order chi connectivity index (χ0) is 16.2. The van der Waals surface area contributed by atoms with Gasteiger partial charge in [-0.2, -0.15) is 5.10 Å². The Morgan fingerprint density at radius 3 is 2.52 bits per heavy atom. The van der Waals surface area contributed by atoms with Crippen molar-refractivity contribution in [1.29, 1.82) is 0 Å². The lowest BCUT2D eigenvalue weighted by molar-refractivity contribution is 0.0978. The van der Waals surface area contributed by atoms with E-state index in [-0.39, 0.29) is 22.9 Å². The van der Waals surface area contributed by atoms with E-state index in [0.29, 0.717) is 5.69 Å². The normalized spacial score (nSPS) is 15.3. The van der Waals surface area contributed by atoms with E-state index in [4.69, 9.17) is 5.84 Å². The number of nitrogens with zero attached hydrogens (tertiary/aromatic N) is 2. The number of sulfone groups is 1. The Kier molecular flexibility index (Phi) is 6.83. The van der Waals surface area contributed by atoms with E-state index < -0.39 is 15.7 Å². The smallest absolute Gasteiger partial charge is 0.256 e. The molecule has 23 heavy (non-hydrogen) atoms. The molecule has 0 unspecified atom stereocenters. The van der Waals surface area contributed by atoms with Crippen LogP contribution in [0.4, 0.5) is 5.69 Å². The molecule has 2 rings (SSSR count). The third-order valence-corrected chi connectivity index (χ3v) is 4.71. The van der Waals surface area contributed by atoms with Crippen molar-refractivity contribution >= 4 is 40.2 Å². The number of piperidine rings is 1. The van der Waals surface area contributed by atoms with Crippen LogP contribution in [0.25, 0.3) is 0 Å². The van der Waals surface area contributed by atoms with Crippen molar-refractivity contribution in [1.82, 2.24) is 5.32 Å². The van der Waals surface area contributed by atoms with Gasteiger partial charge in [-0.05, 0) is 37.5 Å². The zero-order valence-corrected chi connectivity index (χ0v) is 14.5. The molecule has 0 atom stereocenters. The van der Waals surface area contributed by atoms with Gasteiger partial charge in [-0.3, -0.25) is 4.79 Å². The fourth-order valence-corrected chi connectivity index (χ4v) is 3.45. The van der Waals surface area contributed by atoms with Crippen LogP contribution in [0.1, 0.15) is 29.6 Å². The highest BCUT2D eigenvalue weighted by molar-refractivity contribution is 7.90. The van der Waals surface area contributed by atoms with Crippen LogP contribution in [0.15, 0.2) is 28.2 Å². The molecule has 128 valence electrons. The Morgan fingerprint density at radius 2 is 1.96 bits per heavy atom. The molecule has 9 heteroatoms. The first-order chi connectivity index (χ1) is 10.4. The first-order valence-electron chi connectivity index (χ1n) is 7.05. The zero-order valence-electron chi connectivity index (χ0n) is 12.9. The topological polar surface area (TPSA) is 105 Å². The molecule has 0 bridgehead atoms. The Bertz CT molecular complexity index is 685. The number of hydrazone groups is 1. The molecule has 1 amide bonds. The molecule has 1 aromatic rings. The van der Waals surface area contributed by atoms with Crippen molar-refractivity contribution in [2.45, 2.75) is 24.2 Å². The minimum atomic E-state index is -3.44. The molecule has 0 spiro atoms. The largest absolute Gasteiger partial charge is 0.370 e. The van der Waals surface area contributed by atoms with Gasteiger partial charge in [0.2, 0.25) is 0 Å². The number of benzene rings is 1. The molecule has 1 fully saturated rings. The molecule has 1 heterocycles. The van der Waals surface area contributed by atoms with Crippen LogP contribution < -0.4 is 16.1 Å². The number of carbonyl (C=O) groups is 1. The third-order valence-electron chi connectivity index (χ3n) is 3.59. The number of anilines is 1. The average Bonchev–Trinajstić information content (AvgIpc) is 2.52. The highest BCUT2D eigenvalue weighted by Gasteiger charge is 2.21. The summed E-state index contributed by atoms with van der Waals surface area (Å²) in [6.07, 6.45) is 5.44. The summed E-state index contributed by atoms with van der Waals surface area (Å²) >= 11 is 0. The van der Waals surface area contributed by atoms with Gasteiger partial charge in [0.15, 0.2) is 9.84 Å². The summed E-state index contributed by atoms with van der Waals surface area (Å²) in [5.74, 6) is 4.47. The van der Waals surface area contributed by atoms with Crippen LogP contribution in [-0.2, 0) is 9.84 Å². The van der Waals surface area contributed by atoms with E-state index in [9.17, 15) is 13.2 Å². The van der Waals surface area contributed by atoms with Crippen LogP contribution in [0.2, 0.25) is 0 Å². The van der Waals surface area contributed by atoms with Crippen LogP contribution in [0.5, 0.6) is 0 Å². The fourth-order valence-electron chi connectivity index (χ4n) is 2.53. The number of hydrogen-bond acceptors (Lipinski definition) is 6. The van der Waals surface area contributed by atoms with Crippen LogP contribution in [0.3, 0.4) is 0 Å². The Hall–Kier alpha value is -1.80. The summed E-state index contributed by atoms with van der Waals surface area (Å²) in [4.78, 5) is 14.1. The lowest BCUT2D eigenvalue weighted by Crippen LogP contribution is -2.31. The van der Waals surface area contributed by atoms with Gasteiger partial charge in [0.1, 0.15) is 6.34 Å². The molecule has 1 aromatic carbocycles. The lowest BCUT2D eigenvalue weighted by atomic mass is 10.1.